The SMILES string of the molecule is CC(C)Nc1cncc(C2CCC3NNC(c4nc5nccc(-c6cc(F)cc(NCCN(C)C)c6)c5[nH]4)C3C2)c1. The molecule has 1 aliphatic carbocycles. The van der Waals surface area contributed by atoms with Gasteiger partial charge in [0, 0.05) is 55.0 Å². The fourth-order valence-corrected chi connectivity index (χ4v) is 6.31. The molecule has 6 rings (SSSR count). The van der Waals surface area contributed by atoms with Crippen LogP contribution in [0.15, 0.2) is 48.9 Å². The molecule has 9 nitrogen and oxygen atoms in total. The van der Waals surface area contributed by atoms with Crippen LogP contribution in [0.3, 0.4) is 0 Å². The molecule has 10 heteroatoms. The van der Waals surface area contributed by atoms with Gasteiger partial charge in [0.2, 0.25) is 0 Å². The first kappa shape index (κ1) is 27.6. The summed E-state index contributed by atoms with van der Waals surface area (Å²) in [5.74, 6) is 1.38. The van der Waals surface area contributed by atoms with Crippen LogP contribution >= 0.6 is 0 Å². The number of aromatic nitrogens is 4. The van der Waals surface area contributed by atoms with Crippen LogP contribution in [0.5, 0.6) is 0 Å². The first-order valence-electron chi connectivity index (χ1n) is 14.6. The van der Waals surface area contributed by atoms with Crippen molar-refractivity contribution < 1.29 is 4.39 Å². The lowest BCUT2D eigenvalue weighted by Gasteiger charge is -2.33. The maximum atomic E-state index is 14.7. The number of anilines is 2. The lowest BCUT2D eigenvalue weighted by Crippen LogP contribution is -2.34. The zero-order valence-electron chi connectivity index (χ0n) is 24.2. The van der Waals surface area contributed by atoms with Crippen LogP contribution in [-0.2, 0) is 0 Å². The minimum Gasteiger partial charge on any atom is -0.384 e. The van der Waals surface area contributed by atoms with Gasteiger partial charge in [-0.2, -0.15) is 0 Å². The number of aromatic amines is 1. The van der Waals surface area contributed by atoms with Crippen LogP contribution in [0, 0.1) is 11.7 Å². The van der Waals surface area contributed by atoms with Crippen molar-refractivity contribution in [3.05, 3.63) is 66.1 Å². The minimum absolute atomic E-state index is 0.0190. The summed E-state index contributed by atoms with van der Waals surface area (Å²) >= 11 is 0. The highest BCUT2D eigenvalue weighted by Crippen LogP contribution is 2.44. The van der Waals surface area contributed by atoms with Gasteiger partial charge < -0.3 is 20.5 Å². The molecule has 1 aromatic carbocycles. The van der Waals surface area contributed by atoms with Crippen LogP contribution in [0.4, 0.5) is 15.8 Å². The van der Waals surface area contributed by atoms with Crippen molar-refractivity contribution >= 4 is 22.5 Å². The van der Waals surface area contributed by atoms with Gasteiger partial charge in [0.1, 0.15) is 11.6 Å². The van der Waals surface area contributed by atoms with Gasteiger partial charge in [0.15, 0.2) is 5.65 Å². The van der Waals surface area contributed by atoms with Crippen LogP contribution in [-0.4, -0.2) is 64.1 Å². The van der Waals surface area contributed by atoms with Gasteiger partial charge in [-0.05, 0) is 100 Å². The highest BCUT2D eigenvalue weighted by Gasteiger charge is 2.42. The number of hydrogen-bond acceptors (Lipinski definition) is 8. The van der Waals surface area contributed by atoms with Crippen LogP contribution in [0.25, 0.3) is 22.3 Å². The molecule has 3 aromatic heterocycles. The number of H-pyrrole nitrogens is 1. The fraction of sp³-hybridized carbons (Fsp3) is 0.452. The molecule has 2 fully saturated rings. The van der Waals surface area contributed by atoms with Gasteiger partial charge in [-0.1, -0.05) is 0 Å². The molecule has 216 valence electrons. The van der Waals surface area contributed by atoms with Gasteiger partial charge in [-0.25, -0.2) is 19.8 Å². The molecular weight excluding hydrogens is 517 g/mol. The summed E-state index contributed by atoms with van der Waals surface area (Å²) in [5, 5.41) is 6.82. The van der Waals surface area contributed by atoms with Gasteiger partial charge in [-0.3, -0.25) is 10.4 Å². The van der Waals surface area contributed by atoms with E-state index >= 15 is 0 Å². The molecule has 4 unspecified atom stereocenters. The van der Waals surface area contributed by atoms with E-state index in [1.165, 1.54) is 11.6 Å². The van der Waals surface area contributed by atoms with Crippen molar-refractivity contribution in [3.63, 3.8) is 0 Å². The van der Waals surface area contributed by atoms with Crippen molar-refractivity contribution in [2.75, 3.05) is 37.8 Å². The maximum absolute atomic E-state index is 14.7. The summed E-state index contributed by atoms with van der Waals surface area (Å²) in [7, 11) is 4.04. The number of imidazole rings is 1. The molecular formula is C31H40FN9. The third-order valence-electron chi connectivity index (χ3n) is 8.24. The second-order valence-corrected chi connectivity index (χ2v) is 12.0. The molecule has 4 aromatic rings. The Kier molecular flexibility index (Phi) is 7.88. The zero-order valence-corrected chi connectivity index (χ0v) is 24.2. The Morgan fingerprint density at radius 3 is 2.78 bits per heavy atom. The second kappa shape index (κ2) is 11.7. The summed E-state index contributed by atoms with van der Waals surface area (Å²) in [6.45, 7) is 5.87. The lowest BCUT2D eigenvalue weighted by molar-refractivity contribution is 0.274. The van der Waals surface area contributed by atoms with Crippen LogP contribution in [0.1, 0.15) is 56.5 Å². The summed E-state index contributed by atoms with van der Waals surface area (Å²) in [6, 6.07) is 10.0. The molecule has 4 atom stereocenters. The number of fused-ring (bicyclic) bond motifs is 2. The van der Waals surface area contributed by atoms with Gasteiger partial charge >= 0.3 is 0 Å². The Balaban J connectivity index is 1.25. The van der Waals surface area contributed by atoms with Crippen molar-refractivity contribution in [1.82, 2.24) is 35.7 Å². The van der Waals surface area contributed by atoms with Crippen molar-refractivity contribution in [2.24, 2.45) is 5.92 Å². The number of benzene rings is 1. The summed E-state index contributed by atoms with van der Waals surface area (Å²) in [6.07, 6.45) is 8.89. The average Bonchev–Trinajstić information content (AvgIpc) is 3.56. The lowest BCUT2D eigenvalue weighted by atomic mass is 9.73. The normalized spacial score (nSPS) is 22.4. The number of likely N-dealkylation sites (N-methyl/N-ethyl adjacent to an activating group) is 1. The molecule has 1 saturated carbocycles. The molecule has 1 saturated heterocycles. The largest absolute Gasteiger partial charge is 0.384 e. The van der Waals surface area contributed by atoms with E-state index < -0.39 is 0 Å². The summed E-state index contributed by atoms with van der Waals surface area (Å²) in [5.41, 5.74) is 13.3. The number of hydrazine groups is 1. The van der Waals surface area contributed by atoms with E-state index in [9.17, 15) is 4.39 Å². The molecule has 0 amide bonds. The number of pyridine rings is 2. The molecule has 0 spiro atoms. The molecule has 1 aliphatic heterocycles. The highest BCUT2D eigenvalue weighted by molar-refractivity contribution is 5.90. The Bertz CT molecular complexity index is 1500. The van der Waals surface area contributed by atoms with E-state index in [-0.39, 0.29) is 11.9 Å². The minimum atomic E-state index is -0.278. The standard InChI is InChI=1S/C31H40FN9/c1-18(2)36-24-13-21(16-33-17-24)19-5-6-27-26(14-19)29(40-39-27)31-37-28-25(7-8-35-30(28)38-31)20-11-22(32)15-23(12-20)34-9-10-41(3)4/h7-8,11-13,15-19,26-27,29,34,36,39-40H,5-6,9-10,14H2,1-4H3,(H,35,37,38). The van der Waals surface area contributed by atoms with E-state index in [1.807, 2.05) is 38.6 Å². The van der Waals surface area contributed by atoms with E-state index in [4.69, 9.17) is 4.98 Å². The van der Waals surface area contributed by atoms with E-state index in [1.54, 1.807) is 12.3 Å². The fourth-order valence-electron chi connectivity index (χ4n) is 6.31. The van der Waals surface area contributed by atoms with Crippen LogP contribution in [0.2, 0.25) is 0 Å². The average molecular weight is 558 g/mol. The van der Waals surface area contributed by atoms with E-state index in [2.05, 4.69) is 61.3 Å². The Morgan fingerprint density at radius 2 is 1.95 bits per heavy atom. The monoisotopic (exact) mass is 557 g/mol. The quantitative estimate of drug-likeness (QED) is 0.195. The highest BCUT2D eigenvalue weighted by atomic mass is 19.1. The smallest absolute Gasteiger partial charge is 0.178 e. The van der Waals surface area contributed by atoms with Crippen molar-refractivity contribution in [2.45, 2.75) is 57.2 Å². The number of hydrogen-bond donors (Lipinski definition) is 5. The summed E-state index contributed by atoms with van der Waals surface area (Å²) < 4.78 is 14.7. The topological polar surface area (TPSA) is 106 Å². The predicted molar refractivity (Wildman–Crippen MR) is 162 cm³/mol. The molecule has 5 N–H and O–H groups in total. The number of nitrogens with zero attached hydrogens (tertiary/aromatic N) is 4. The molecule has 2 aliphatic rings. The number of halogens is 1. The first-order chi connectivity index (χ1) is 19.8. The number of nitrogens with one attached hydrogen (secondary N) is 5. The van der Waals surface area contributed by atoms with E-state index in [0.29, 0.717) is 29.6 Å². The zero-order chi connectivity index (χ0) is 28.5. The van der Waals surface area contributed by atoms with Crippen LogP contribution < -0.4 is 21.5 Å². The Morgan fingerprint density at radius 1 is 1.07 bits per heavy atom. The van der Waals surface area contributed by atoms with Gasteiger partial charge in [-0.15, -0.1) is 0 Å². The van der Waals surface area contributed by atoms with Crippen molar-refractivity contribution in [3.8, 4) is 11.1 Å². The third kappa shape index (κ3) is 6.05. The second-order valence-electron chi connectivity index (χ2n) is 12.0. The van der Waals surface area contributed by atoms with E-state index in [0.717, 1.165) is 66.2 Å². The first-order valence-corrected chi connectivity index (χ1v) is 14.6. The predicted octanol–water partition coefficient (Wildman–Crippen LogP) is 5.05. The summed E-state index contributed by atoms with van der Waals surface area (Å²) in [4.78, 5) is 19.7. The molecule has 41 heavy (non-hydrogen) atoms. The molecule has 4 heterocycles. The van der Waals surface area contributed by atoms with Gasteiger partial charge in [0.25, 0.3) is 0 Å². The third-order valence-corrected chi connectivity index (χ3v) is 8.24. The van der Waals surface area contributed by atoms with Gasteiger partial charge in [0.05, 0.1) is 17.2 Å². The Labute approximate surface area is 240 Å². The molecule has 0 radical (unpaired) electrons. The maximum Gasteiger partial charge on any atom is 0.178 e. The van der Waals surface area contributed by atoms with Crippen molar-refractivity contribution in [1.29, 1.82) is 0 Å². The Hall–Kier alpha value is -3.60. The molecule has 0 bridgehead atoms. The number of rotatable bonds is 9.